The molecule has 0 aliphatic heterocycles. The van der Waals surface area contributed by atoms with Gasteiger partial charge in [0.1, 0.15) is 18.2 Å². The number of hydrogen-bond acceptors (Lipinski definition) is 2. The molecule has 3 rings (SSSR count). The number of aromatic nitrogens is 3. The molecule has 24 heavy (non-hydrogen) atoms. The molecule has 0 fully saturated rings. The van der Waals surface area contributed by atoms with Crippen molar-refractivity contribution in [3.8, 4) is 0 Å². The van der Waals surface area contributed by atoms with Gasteiger partial charge in [-0.3, -0.25) is 0 Å². The SMILES string of the molecule is Cc1ccc(C(c2ccc(C)cc2)(n2cncn2)C(C)(C)C)cc1. The van der Waals surface area contributed by atoms with E-state index in [9.17, 15) is 0 Å². The monoisotopic (exact) mass is 319 g/mol. The predicted octanol–water partition coefficient (Wildman–Crippen LogP) is 4.73. The van der Waals surface area contributed by atoms with E-state index in [1.54, 1.807) is 6.33 Å². The molecule has 0 radical (unpaired) electrons. The average molecular weight is 319 g/mol. The van der Waals surface area contributed by atoms with Gasteiger partial charge in [-0.1, -0.05) is 80.4 Å². The average Bonchev–Trinajstić information content (AvgIpc) is 3.05. The summed E-state index contributed by atoms with van der Waals surface area (Å²) in [4.78, 5) is 4.24. The standard InChI is InChI=1S/C21H25N3/c1-16-6-10-18(11-7-16)21(20(3,4)5,24-15-22-14-23-24)19-12-8-17(2)9-13-19/h6-15H,1-5H3. The van der Waals surface area contributed by atoms with Crippen LogP contribution < -0.4 is 0 Å². The molecule has 1 heterocycles. The van der Waals surface area contributed by atoms with Gasteiger partial charge in [-0.05, 0) is 30.4 Å². The van der Waals surface area contributed by atoms with E-state index in [-0.39, 0.29) is 5.41 Å². The van der Waals surface area contributed by atoms with Crippen molar-refractivity contribution in [2.24, 2.45) is 5.41 Å². The Balaban J connectivity index is 2.37. The first-order chi connectivity index (χ1) is 11.4. The summed E-state index contributed by atoms with van der Waals surface area (Å²) in [7, 11) is 0. The zero-order chi connectivity index (χ0) is 17.4. The van der Waals surface area contributed by atoms with E-state index in [4.69, 9.17) is 0 Å². The molecule has 0 amide bonds. The van der Waals surface area contributed by atoms with E-state index in [0.717, 1.165) is 0 Å². The van der Waals surface area contributed by atoms with Crippen molar-refractivity contribution in [2.45, 2.75) is 40.2 Å². The predicted molar refractivity (Wildman–Crippen MR) is 98.0 cm³/mol. The van der Waals surface area contributed by atoms with Crippen LogP contribution in [0.2, 0.25) is 0 Å². The highest BCUT2D eigenvalue weighted by atomic mass is 15.4. The van der Waals surface area contributed by atoms with Crippen molar-refractivity contribution in [3.05, 3.63) is 83.4 Å². The molecule has 3 aromatic rings. The minimum Gasteiger partial charge on any atom is -0.237 e. The molecule has 3 nitrogen and oxygen atoms in total. The lowest BCUT2D eigenvalue weighted by Crippen LogP contribution is -2.48. The van der Waals surface area contributed by atoms with Crippen LogP contribution in [0.3, 0.4) is 0 Å². The molecule has 0 unspecified atom stereocenters. The summed E-state index contributed by atoms with van der Waals surface area (Å²) in [5.74, 6) is 0. The van der Waals surface area contributed by atoms with Gasteiger partial charge in [0.05, 0.1) is 0 Å². The fraction of sp³-hybridized carbons (Fsp3) is 0.333. The van der Waals surface area contributed by atoms with E-state index in [1.807, 2.05) is 11.0 Å². The molecular weight excluding hydrogens is 294 g/mol. The lowest BCUT2D eigenvalue weighted by Gasteiger charge is -2.45. The molecule has 0 N–H and O–H groups in total. The molecule has 2 aromatic carbocycles. The maximum absolute atomic E-state index is 4.56. The molecule has 0 aliphatic rings. The van der Waals surface area contributed by atoms with Crippen molar-refractivity contribution in [1.82, 2.24) is 14.8 Å². The molecule has 0 bridgehead atoms. The second-order valence-corrected chi connectivity index (χ2v) is 7.53. The fourth-order valence-electron chi connectivity index (χ4n) is 3.61. The van der Waals surface area contributed by atoms with Crippen LogP contribution in [0, 0.1) is 19.3 Å². The van der Waals surface area contributed by atoms with Gasteiger partial charge < -0.3 is 0 Å². The molecule has 0 aliphatic carbocycles. The minimum absolute atomic E-state index is 0.106. The summed E-state index contributed by atoms with van der Waals surface area (Å²) in [6.07, 6.45) is 3.44. The second kappa shape index (κ2) is 5.90. The Morgan fingerprint density at radius 1 is 0.750 bits per heavy atom. The van der Waals surface area contributed by atoms with Crippen molar-refractivity contribution < 1.29 is 0 Å². The summed E-state index contributed by atoms with van der Waals surface area (Å²) < 4.78 is 2.00. The third kappa shape index (κ3) is 2.54. The van der Waals surface area contributed by atoms with Gasteiger partial charge in [-0.15, -0.1) is 0 Å². The number of nitrogens with zero attached hydrogens (tertiary/aromatic N) is 3. The Hall–Kier alpha value is -2.42. The van der Waals surface area contributed by atoms with Gasteiger partial charge >= 0.3 is 0 Å². The summed E-state index contributed by atoms with van der Waals surface area (Å²) in [5.41, 5.74) is 4.41. The first-order valence-corrected chi connectivity index (χ1v) is 8.35. The summed E-state index contributed by atoms with van der Waals surface area (Å²) in [6.45, 7) is 11.0. The highest BCUT2D eigenvalue weighted by molar-refractivity contribution is 5.43. The minimum atomic E-state index is -0.426. The van der Waals surface area contributed by atoms with Gasteiger partial charge in [0, 0.05) is 0 Å². The maximum atomic E-state index is 4.56. The zero-order valence-electron chi connectivity index (χ0n) is 15.1. The fourth-order valence-corrected chi connectivity index (χ4v) is 3.61. The first kappa shape index (κ1) is 16.4. The van der Waals surface area contributed by atoms with E-state index < -0.39 is 5.54 Å². The molecule has 0 saturated carbocycles. The molecule has 0 spiro atoms. The van der Waals surface area contributed by atoms with E-state index >= 15 is 0 Å². The number of benzene rings is 2. The van der Waals surface area contributed by atoms with Crippen molar-refractivity contribution >= 4 is 0 Å². The van der Waals surface area contributed by atoms with Crippen LogP contribution in [0.15, 0.2) is 61.2 Å². The highest BCUT2D eigenvalue weighted by Gasteiger charge is 2.47. The molecule has 1 aromatic heterocycles. The Morgan fingerprint density at radius 3 is 1.54 bits per heavy atom. The van der Waals surface area contributed by atoms with Crippen LogP contribution in [0.25, 0.3) is 0 Å². The highest BCUT2D eigenvalue weighted by Crippen LogP contribution is 2.47. The van der Waals surface area contributed by atoms with Gasteiger partial charge in [0.15, 0.2) is 0 Å². The normalized spacial score (nSPS) is 12.4. The van der Waals surface area contributed by atoms with Crippen molar-refractivity contribution in [2.75, 3.05) is 0 Å². The Labute approximate surface area is 144 Å². The maximum Gasteiger partial charge on any atom is 0.137 e. The molecular formula is C21H25N3. The van der Waals surface area contributed by atoms with Gasteiger partial charge in [-0.25, -0.2) is 9.67 Å². The second-order valence-electron chi connectivity index (χ2n) is 7.53. The lowest BCUT2D eigenvalue weighted by atomic mass is 9.65. The third-order valence-corrected chi connectivity index (χ3v) is 4.79. The Kier molecular flexibility index (Phi) is 4.04. The zero-order valence-corrected chi connectivity index (χ0v) is 15.1. The molecule has 0 atom stereocenters. The summed E-state index contributed by atoms with van der Waals surface area (Å²) >= 11 is 0. The topological polar surface area (TPSA) is 30.7 Å². The number of hydrogen-bond donors (Lipinski definition) is 0. The van der Waals surface area contributed by atoms with Crippen LogP contribution in [-0.2, 0) is 5.54 Å². The van der Waals surface area contributed by atoms with E-state index in [2.05, 4.69) is 93.2 Å². The largest absolute Gasteiger partial charge is 0.237 e. The van der Waals surface area contributed by atoms with Crippen molar-refractivity contribution in [3.63, 3.8) is 0 Å². The van der Waals surface area contributed by atoms with Gasteiger partial charge in [0.2, 0.25) is 0 Å². The quantitative estimate of drug-likeness (QED) is 0.698. The summed E-state index contributed by atoms with van der Waals surface area (Å²) in [5, 5.41) is 4.56. The van der Waals surface area contributed by atoms with E-state index in [1.165, 1.54) is 22.3 Å². The van der Waals surface area contributed by atoms with Crippen LogP contribution in [-0.4, -0.2) is 14.8 Å². The molecule has 0 saturated heterocycles. The van der Waals surface area contributed by atoms with Crippen LogP contribution >= 0.6 is 0 Å². The van der Waals surface area contributed by atoms with Crippen molar-refractivity contribution in [1.29, 1.82) is 0 Å². The third-order valence-electron chi connectivity index (χ3n) is 4.79. The Morgan fingerprint density at radius 2 is 1.21 bits per heavy atom. The summed E-state index contributed by atoms with van der Waals surface area (Å²) in [6, 6.07) is 17.5. The number of aryl methyl sites for hydroxylation is 2. The number of rotatable bonds is 3. The van der Waals surface area contributed by atoms with Crippen LogP contribution in [0.5, 0.6) is 0 Å². The van der Waals surface area contributed by atoms with Crippen LogP contribution in [0.1, 0.15) is 43.0 Å². The van der Waals surface area contributed by atoms with E-state index in [0.29, 0.717) is 0 Å². The first-order valence-electron chi connectivity index (χ1n) is 8.35. The molecule has 124 valence electrons. The van der Waals surface area contributed by atoms with Crippen LogP contribution in [0.4, 0.5) is 0 Å². The lowest BCUT2D eigenvalue weighted by molar-refractivity contribution is 0.171. The molecule has 3 heteroatoms. The Bertz CT molecular complexity index is 746. The van der Waals surface area contributed by atoms with Gasteiger partial charge in [0.25, 0.3) is 0 Å². The van der Waals surface area contributed by atoms with Gasteiger partial charge in [-0.2, -0.15) is 5.10 Å². The smallest absolute Gasteiger partial charge is 0.137 e.